The Kier molecular flexibility index (Phi) is 6.03. The molecule has 2 heterocycles. The van der Waals surface area contributed by atoms with Crippen LogP contribution in [0.4, 0.5) is 4.79 Å². The van der Waals surface area contributed by atoms with Gasteiger partial charge in [0.15, 0.2) is 0 Å². The molecule has 1 atom stereocenters. The van der Waals surface area contributed by atoms with Gasteiger partial charge in [0, 0.05) is 11.9 Å². The number of nitriles is 1. The van der Waals surface area contributed by atoms with E-state index in [-0.39, 0.29) is 12.1 Å². The minimum atomic E-state index is -0.473. The van der Waals surface area contributed by atoms with Crippen molar-refractivity contribution in [2.45, 2.75) is 58.1 Å². The predicted octanol–water partition coefficient (Wildman–Crippen LogP) is 4.66. The van der Waals surface area contributed by atoms with Gasteiger partial charge in [-0.2, -0.15) is 5.26 Å². The topological polar surface area (TPSA) is 75.4 Å². The molecule has 1 aromatic carbocycles. The van der Waals surface area contributed by atoms with E-state index in [1.807, 2.05) is 38.1 Å². The molecule has 0 spiro atoms. The second-order valence-electron chi connectivity index (χ2n) is 7.82. The van der Waals surface area contributed by atoms with E-state index < -0.39 is 5.60 Å². The molecule has 1 saturated heterocycles. The Balaban J connectivity index is 1.71. The number of aromatic nitrogens is 1. The number of fused-ring (bicyclic) bond motifs is 1. The summed E-state index contributed by atoms with van der Waals surface area (Å²) in [5.41, 5.74) is -0.156. The third-order valence-corrected chi connectivity index (χ3v) is 5.06. The minimum Gasteiger partial charge on any atom is -0.475 e. The summed E-state index contributed by atoms with van der Waals surface area (Å²) in [5, 5.41) is 11.0. The molecule has 1 fully saturated rings. The number of rotatable bonds is 6. The predicted molar refractivity (Wildman–Crippen MR) is 107 cm³/mol. The van der Waals surface area contributed by atoms with Gasteiger partial charge in [-0.25, -0.2) is 9.78 Å². The molecule has 148 valence electrons. The van der Waals surface area contributed by atoms with E-state index in [2.05, 4.69) is 18.0 Å². The van der Waals surface area contributed by atoms with Gasteiger partial charge in [0.25, 0.3) is 0 Å². The average Bonchev–Trinajstić information content (AvgIpc) is 3.14. The summed E-state index contributed by atoms with van der Waals surface area (Å²) in [6, 6.07) is 11.4. The Morgan fingerprint density at radius 2 is 2.18 bits per heavy atom. The van der Waals surface area contributed by atoms with Gasteiger partial charge in [0.05, 0.1) is 6.04 Å². The summed E-state index contributed by atoms with van der Waals surface area (Å²) in [5.74, 6) is 0.432. The van der Waals surface area contributed by atoms with Gasteiger partial charge in [-0.1, -0.05) is 31.5 Å². The zero-order valence-corrected chi connectivity index (χ0v) is 16.8. The van der Waals surface area contributed by atoms with Crippen LogP contribution in [0.25, 0.3) is 10.8 Å². The first kappa shape index (κ1) is 19.9. The normalized spacial score (nSPS) is 16.8. The standard InChI is InChI=1S/C22H27N3O3/c1-4-11-22(2,3)28-21(26)25-12-7-9-18(25)15-27-20-19-10-6-5-8-16(19)13-17(14-23)24-20/h5-6,8,10,13,18H,4,7,9,11-12,15H2,1-3H3/t18-/m1/s1. The van der Waals surface area contributed by atoms with Crippen LogP contribution < -0.4 is 4.74 Å². The smallest absolute Gasteiger partial charge is 0.410 e. The molecule has 3 rings (SSSR count). The van der Waals surface area contributed by atoms with E-state index in [9.17, 15) is 10.1 Å². The van der Waals surface area contributed by atoms with E-state index >= 15 is 0 Å². The molecule has 0 radical (unpaired) electrons. The maximum absolute atomic E-state index is 12.7. The quantitative estimate of drug-likeness (QED) is 0.727. The number of ether oxygens (including phenoxy) is 2. The molecule has 1 aliphatic heterocycles. The maximum atomic E-state index is 12.7. The van der Waals surface area contributed by atoms with Crippen LogP contribution in [0.2, 0.25) is 0 Å². The fourth-order valence-electron chi connectivity index (χ4n) is 3.71. The zero-order valence-electron chi connectivity index (χ0n) is 16.8. The van der Waals surface area contributed by atoms with Crippen molar-refractivity contribution < 1.29 is 14.3 Å². The van der Waals surface area contributed by atoms with Crippen LogP contribution in [0.5, 0.6) is 5.88 Å². The first-order valence-electron chi connectivity index (χ1n) is 9.86. The summed E-state index contributed by atoms with van der Waals surface area (Å²) in [4.78, 5) is 18.7. The summed E-state index contributed by atoms with van der Waals surface area (Å²) < 4.78 is 11.7. The van der Waals surface area contributed by atoms with Crippen molar-refractivity contribution >= 4 is 16.9 Å². The average molecular weight is 381 g/mol. The van der Waals surface area contributed by atoms with Crippen LogP contribution in [0, 0.1) is 11.3 Å². The highest BCUT2D eigenvalue weighted by molar-refractivity contribution is 5.87. The molecule has 0 N–H and O–H groups in total. The molecule has 0 saturated carbocycles. The van der Waals surface area contributed by atoms with Crippen LogP contribution in [-0.4, -0.2) is 40.8 Å². The van der Waals surface area contributed by atoms with Gasteiger partial charge >= 0.3 is 6.09 Å². The van der Waals surface area contributed by atoms with Crippen molar-refractivity contribution in [1.29, 1.82) is 5.26 Å². The zero-order chi connectivity index (χ0) is 20.1. The number of hydrogen-bond donors (Lipinski definition) is 0. The minimum absolute atomic E-state index is 0.0590. The fourth-order valence-corrected chi connectivity index (χ4v) is 3.71. The van der Waals surface area contributed by atoms with Crippen LogP contribution in [0.1, 0.15) is 52.1 Å². The molecule has 6 nitrogen and oxygen atoms in total. The lowest BCUT2D eigenvalue weighted by Gasteiger charge is -2.30. The van der Waals surface area contributed by atoms with Crippen LogP contribution in [-0.2, 0) is 4.74 Å². The number of pyridine rings is 1. The van der Waals surface area contributed by atoms with E-state index in [1.165, 1.54) is 0 Å². The van der Waals surface area contributed by atoms with Gasteiger partial charge in [-0.05, 0) is 50.6 Å². The van der Waals surface area contributed by atoms with Crippen LogP contribution in [0.15, 0.2) is 30.3 Å². The lowest BCUT2D eigenvalue weighted by atomic mass is 10.0. The Labute approximate surface area is 166 Å². The molecule has 28 heavy (non-hydrogen) atoms. The second kappa shape index (κ2) is 8.47. The van der Waals surface area contributed by atoms with Gasteiger partial charge < -0.3 is 14.4 Å². The lowest BCUT2D eigenvalue weighted by Crippen LogP contribution is -2.43. The molecular weight excluding hydrogens is 354 g/mol. The molecule has 1 aromatic heterocycles. The number of carbonyl (C=O) groups is 1. The largest absolute Gasteiger partial charge is 0.475 e. The fraction of sp³-hybridized carbons (Fsp3) is 0.500. The highest BCUT2D eigenvalue weighted by Crippen LogP contribution is 2.27. The summed E-state index contributed by atoms with van der Waals surface area (Å²) in [7, 11) is 0. The Morgan fingerprint density at radius 1 is 1.39 bits per heavy atom. The van der Waals surface area contributed by atoms with Crippen molar-refractivity contribution in [3.8, 4) is 11.9 Å². The van der Waals surface area contributed by atoms with E-state index in [1.54, 1.807) is 11.0 Å². The second-order valence-corrected chi connectivity index (χ2v) is 7.82. The molecule has 1 amide bonds. The van der Waals surface area contributed by atoms with Gasteiger partial charge in [0.2, 0.25) is 5.88 Å². The third-order valence-electron chi connectivity index (χ3n) is 5.06. The van der Waals surface area contributed by atoms with Gasteiger partial charge in [-0.15, -0.1) is 0 Å². The molecule has 0 aliphatic carbocycles. The first-order valence-corrected chi connectivity index (χ1v) is 9.86. The molecule has 2 aromatic rings. The van der Waals surface area contributed by atoms with Crippen LogP contribution >= 0.6 is 0 Å². The van der Waals surface area contributed by atoms with E-state index in [0.717, 1.165) is 36.5 Å². The van der Waals surface area contributed by atoms with E-state index in [4.69, 9.17) is 9.47 Å². The molecule has 1 aliphatic rings. The molecule has 0 bridgehead atoms. The summed E-state index contributed by atoms with van der Waals surface area (Å²) >= 11 is 0. The van der Waals surface area contributed by atoms with Crippen molar-refractivity contribution in [3.63, 3.8) is 0 Å². The Morgan fingerprint density at radius 3 is 2.93 bits per heavy atom. The van der Waals surface area contributed by atoms with Gasteiger partial charge in [-0.3, -0.25) is 0 Å². The van der Waals surface area contributed by atoms with E-state index in [0.29, 0.717) is 24.7 Å². The molecule has 0 unspecified atom stereocenters. The Hall–Kier alpha value is -2.81. The summed E-state index contributed by atoms with van der Waals surface area (Å²) in [6.07, 6.45) is 3.28. The number of carbonyl (C=O) groups excluding carboxylic acids is 1. The maximum Gasteiger partial charge on any atom is 0.410 e. The first-order chi connectivity index (χ1) is 13.4. The third kappa shape index (κ3) is 4.53. The summed E-state index contributed by atoms with van der Waals surface area (Å²) in [6.45, 7) is 6.96. The number of likely N-dealkylation sites (tertiary alicyclic amines) is 1. The molecule has 6 heteroatoms. The van der Waals surface area contributed by atoms with Crippen molar-refractivity contribution in [1.82, 2.24) is 9.88 Å². The Bertz CT molecular complexity index is 888. The number of hydrogen-bond acceptors (Lipinski definition) is 5. The number of amides is 1. The molecular formula is C22H27N3O3. The monoisotopic (exact) mass is 381 g/mol. The highest BCUT2D eigenvalue weighted by Gasteiger charge is 2.33. The SMILES string of the molecule is CCCC(C)(C)OC(=O)N1CCC[C@@H]1COc1nc(C#N)cc2ccccc12. The van der Waals surface area contributed by atoms with Gasteiger partial charge in [0.1, 0.15) is 24.0 Å². The highest BCUT2D eigenvalue weighted by atomic mass is 16.6. The number of benzene rings is 1. The van der Waals surface area contributed by atoms with Crippen molar-refractivity contribution in [3.05, 3.63) is 36.0 Å². The van der Waals surface area contributed by atoms with Crippen molar-refractivity contribution in [2.24, 2.45) is 0 Å². The number of nitrogens with zero attached hydrogens (tertiary/aromatic N) is 3. The lowest BCUT2D eigenvalue weighted by molar-refractivity contribution is 0.00296. The van der Waals surface area contributed by atoms with Crippen molar-refractivity contribution in [2.75, 3.05) is 13.2 Å². The van der Waals surface area contributed by atoms with Crippen LogP contribution in [0.3, 0.4) is 0 Å².